The Labute approximate surface area is 128 Å². The highest BCUT2D eigenvalue weighted by Gasteiger charge is 2.27. The van der Waals surface area contributed by atoms with Gasteiger partial charge >= 0.3 is 0 Å². The Kier molecular flexibility index (Phi) is 4.12. The molecule has 3 heterocycles. The minimum absolute atomic E-state index is 0.0957. The fraction of sp³-hybridized carbons (Fsp3) is 0.438. The van der Waals surface area contributed by atoms with E-state index in [1.54, 1.807) is 11.3 Å². The summed E-state index contributed by atoms with van der Waals surface area (Å²) in [6.07, 6.45) is 2.16. The van der Waals surface area contributed by atoms with Crippen LogP contribution in [0.3, 0.4) is 0 Å². The van der Waals surface area contributed by atoms with Crippen molar-refractivity contribution in [2.24, 2.45) is 0 Å². The Balaban J connectivity index is 1.77. The lowest BCUT2D eigenvalue weighted by Crippen LogP contribution is -2.48. The number of thiophene rings is 1. The predicted molar refractivity (Wildman–Crippen MR) is 83.8 cm³/mol. The average molecular weight is 304 g/mol. The summed E-state index contributed by atoms with van der Waals surface area (Å²) in [5.41, 5.74) is 0.754. The summed E-state index contributed by atoms with van der Waals surface area (Å²) < 4.78 is 7.73. The molecule has 1 aliphatic heterocycles. The molecule has 21 heavy (non-hydrogen) atoms. The maximum Gasteiger partial charge on any atom is 0.270 e. The molecule has 4 nitrogen and oxygen atoms in total. The van der Waals surface area contributed by atoms with Crippen LogP contribution in [0.2, 0.25) is 0 Å². The minimum atomic E-state index is 0.0957. The molecule has 0 bridgehead atoms. The van der Waals surface area contributed by atoms with Crippen molar-refractivity contribution in [3.8, 4) is 0 Å². The summed E-state index contributed by atoms with van der Waals surface area (Å²) in [5, 5.41) is 2.06. The number of carbonyl (C=O) groups excluding carboxylic acids is 1. The van der Waals surface area contributed by atoms with Gasteiger partial charge in [0.05, 0.1) is 18.8 Å². The van der Waals surface area contributed by atoms with E-state index in [2.05, 4.69) is 11.4 Å². The topological polar surface area (TPSA) is 34.5 Å². The summed E-state index contributed by atoms with van der Waals surface area (Å²) in [6.45, 7) is 6.10. The number of rotatable bonds is 3. The van der Waals surface area contributed by atoms with Gasteiger partial charge < -0.3 is 14.2 Å². The first-order chi connectivity index (χ1) is 10.1. The van der Waals surface area contributed by atoms with Crippen LogP contribution in [0, 0.1) is 0 Å². The summed E-state index contributed by atoms with van der Waals surface area (Å²) in [5.74, 6) is 0.0959. The molecule has 0 spiro atoms. The van der Waals surface area contributed by atoms with Crippen LogP contribution >= 0.6 is 11.3 Å². The summed E-state index contributed by atoms with van der Waals surface area (Å²) in [6, 6.07) is 7.98. The fourth-order valence-corrected chi connectivity index (χ4v) is 3.52. The van der Waals surface area contributed by atoms with Crippen LogP contribution in [-0.4, -0.2) is 40.7 Å². The molecule has 2 aromatic rings. The first-order valence-corrected chi connectivity index (χ1v) is 8.13. The summed E-state index contributed by atoms with van der Waals surface area (Å²) in [7, 11) is 0. The van der Waals surface area contributed by atoms with Gasteiger partial charge in [-0.15, -0.1) is 11.3 Å². The Hall–Kier alpha value is -1.59. The number of nitrogens with zero attached hydrogens (tertiary/aromatic N) is 2. The molecule has 1 aliphatic rings. The van der Waals surface area contributed by atoms with Crippen LogP contribution in [-0.2, 0) is 11.3 Å². The zero-order valence-electron chi connectivity index (χ0n) is 12.4. The monoisotopic (exact) mass is 304 g/mol. The van der Waals surface area contributed by atoms with E-state index in [-0.39, 0.29) is 18.1 Å². The van der Waals surface area contributed by atoms with Crippen LogP contribution in [0.4, 0.5) is 0 Å². The maximum absolute atomic E-state index is 12.8. The lowest BCUT2D eigenvalue weighted by atomic mass is 10.2. The Morgan fingerprint density at radius 1 is 1.29 bits per heavy atom. The second-order valence-electron chi connectivity index (χ2n) is 5.57. The van der Waals surface area contributed by atoms with Gasteiger partial charge in [0, 0.05) is 24.2 Å². The van der Waals surface area contributed by atoms with Gasteiger partial charge in [0.2, 0.25) is 0 Å². The van der Waals surface area contributed by atoms with Gasteiger partial charge in [-0.05, 0) is 37.4 Å². The zero-order chi connectivity index (χ0) is 14.8. The molecule has 3 rings (SSSR count). The smallest absolute Gasteiger partial charge is 0.270 e. The van der Waals surface area contributed by atoms with Crippen molar-refractivity contribution >= 4 is 17.2 Å². The highest BCUT2D eigenvalue weighted by molar-refractivity contribution is 7.09. The van der Waals surface area contributed by atoms with E-state index in [0.29, 0.717) is 13.1 Å². The molecular weight excluding hydrogens is 284 g/mol. The van der Waals surface area contributed by atoms with Crippen LogP contribution in [0.1, 0.15) is 29.2 Å². The van der Waals surface area contributed by atoms with Gasteiger partial charge in [-0.1, -0.05) is 6.07 Å². The van der Waals surface area contributed by atoms with Crippen molar-refractivity contribution in [3.05, 3.63) is 46.4 Å². The minimum Gasteiger partial charge on any atom is -0.372 e. The number of amides is 1. The number of ether oxygens (including phenoxy) is 1. The first-order valence-electron chi connectivity index (χ1n) is 7.25. The molecule has 0 N–H and O–H groups in total. The molecule has 1 amide bonds. The van der Waals surface area contributed by atoms with Gasteiger partial charge in [0.25, 0.3) is 5.91 Å². The third-order valence-corrected chi connectivity index (χ3v) is 4.52. The highest BCUT2D eigenvalue weighted by atomic mass is 32.1. The Morgan fingerprint density at radius 3 is 2.71 bits per heavy atom. The van der Waals surface area contributed by atoms with E-state index in [1.165, 1.54) is 4.88 Å². The van der Waals surface area contributed by atoms with Gasteiger partial charge in [0.15, 0.2) is 0 Å². The van der Waals surface area contributed by atoms with Crippen LogP contribution < -0.4 is 0 Å². The van der Waals surface area contributed by atoms with Crippen molar-refractivity contribution in [1.29, 1.82) is 0 Å². The largest absolute Gasteiger partial charge is 0.372 e. The predicted octanol–water partition coefficient (Wildman–Crippen LogP) is 2.85. The fourth-order valence-electron chi connectivity index (χ4n) is 2.82. The summed E-state index contributed by atoms with van der Waals surface area (Å²) in [4.78, 5) is 15.9. The van der Waals surface area contributed by atoms with Gasteiger partial charge in [0.1, 0.15) is 5.69 Å². The molecule has 0 radical (unpaired) electrons. The van der Waals surface area contributed by atoms with Crippen molar-refractivity contribution in [2.75, 3.05) is 13.1 Å². The van der Waals surface area contributed by atoms with Crippen molar-refractivity contribution < 1.29 is 9.53 Å². The molecule has 0 saturated carbocycles. The van der Waals surface area contributed by atoms with Crippen LogP contribution in [0.5, 0.6) is 0 Å². The SMILES string of the molecule is CC1CN(C(=O)c2cccn2Cc2cccs2)CC(C)O1. The lowest BCUT2D eigenvalue weighted by molar-refractivity contribution is -0.0588. The number of hydrogen-bond acceptors (Lipinski definition) is 3. The number of carbonyl (C=O) groups is 1. The molecular formula is C16H20N2O2S. The number of morpholine rings is 1. The third kappa shape index (κ3) is 3.19. The average Bonchev–Trinajstić information content (AvgIpc) is 3.09. The van der Waals surface area contributed by atoms with E-state index in [4.69, 9.17) is 4.74 Å². The highest BCUT2D eigenvalue weighted by Crippen LogP contribution is 2.17. The molecule has 0 aliphatic carbocycles. The van der Waals surface area contributed by atoms with Crippen LogP contribution in [0.25, 0.3) is 0 Å². The van der Waals surface area contributed by atoms with Crippen molar-refractivity contribution in [3.63, 3.8) is 0 Å². The molecule has 5 heteroatoms. The second-order valence-corrected chi connectivity index (χ2v) is 6.60. The van der Waals surface area contributed by atoms with Crippen molar-refractivity contribution in [1.82, 2.24) is 9.47 Å². The van der Waals surface area contributed by atoms with E-state index in [1.807, 2.05) is 47.7 Å². The van der Waals surface area contributed by atoms with Crippen LogP contribution in [0.15, 0.2) is 35.8 Å². The first kappa shape index (κ1) is 14.4. The Morgan fingerprint density at radius 2 is 2.05 bits per heavy atom. The summed E-state index contributed by atoms with van der Waals surface area (Å²) >= 11 is 1.71. The van der Waals surface area contributed by atoms with E-state index >= 15 is 0 Å². The zero-order valence-corrected chi connectivity index (χ0v) is 13.2. The third-order valence-electron chi connectivity index (χ3n) is 3.66. The molecule has 0 aromatic carbocycles. The van der Waals surface area contributed by atoms with E-state index in [0.717, 1.165) is 12.2 Å². The molecule has 112 valence electrons. The Bertz CT molecular complexity index is 596. The van der Waals surface area contributed by atoms with Gasteiger partial charge in [-0.2, -0.15) is 0 Å². The molecule has 2 unspecified atom stereocenters. The van der Waals surface area contributed by atoms with E-state index in [9.17, 15) is 4.79 Å². The van der Waals surface area contributed by atoms with E-state index < -0.39 is 0 Å². The molecule has 1 fully saturated rings. The lowest BCUT2D eigenvalue weighted by Gasteiger charge is -2.35. The number of hydrogen-bond donors (Lipinski definition) is 0. The number of aromatic nitrogens is 1. The molecule has 1 saturated heterocycles. The molecule has 2 atom stereocenters. The standard InChI is InChI=1S/C16H20N2O2S/c1-12-9-18(10-13(2)20-12)16(19)15-6-3-7-17(15)11-14-5-4-8-21-14/h3-8,12-13H,9-11H2,1-2H3. The molecule has 2 aromatic heterocycles. The van der Waals surface area contributed by atoms with Gasteiger partial charge in [-0.25, -0.2) is 0 Å². The second kappa shape index (κ2) is 6.03. The quantitative estimate of drug-likeness (QED) is 0.874. The normalized spacial score (nSPS) is 22.5. The van der Waals surface area contributed by atoms with Gasteiger partial charge in [-0.3, -0.25) is 4.79 Å². The maximum atomic E-state index is 12.8. The van der Waals surface area contributed by atoms with Crippen molar-refractivity contribution in [2.45, 2.75) is 32.6 Å².